The Labute approximate surface area is 70.8 Å². The Morgan fingerprint density at radius 3 is 1.73 bits per heavy atom. The molecule has 0 heterocycles. The van der Waals surface area contributed by atoms with Crippen LogP contribution >= 0.6 is 0 Å². The van der Waals surface area contributed by atoms with Crippen LogP contribution in [-0.4, -0.2) is 25.0 Å². The fraction of sp³-hybridized carbons (Fsp3) is 1.00. The van der Waals surface area contributed by atoms with Crippen molar-refractivity contribution in [1.29, 1.82) is 0 Å². The van der Waals surface area contributed by atoms with Crippen molar-refractivity contribution in [2.75, 3.05) is 14.1 Å². The lowest BCUT2D eigenvalue weighted by Gasteiger charge is -2.35. The van der Waals surface area contributed by atoms with Crippen molar-refractivity contribution >= 4 is 0 Å². The van der Waals surface area contributed by atoms with Gasteiger partial charge in [0.05, 0.1) is 0 Å². The van der Waals surface area contributed by atoms with Gasteiger partial charge in [0.25, 0.3) is 0 Å². The van der Waals surface area contributed by atoms with Gasteiger partial charge in [0, 0.05) is 6.04 Å². The van der Waals surface area contributed by atoms with Crippen LogP contribution in [0.25, 0.3) is 0 Å². The average Bonchev–Trinajstić information content (AvgIpc) is 1.85. The van der Waals surface area contributed by atoms with Gasteiger partial charge in [0.1, 0.15) is 0 Å². The Morgan fingerprint density at radius 2 is 1.36 bits per heavy atom. The molecule has 1 rings (SSSR count). The van der Waals surface area contributed by atoms with Crippen molar-refractivity contribution in [3.8, 4) is 0 Å². The second-order valence-corrected chi connectivity index (χ2v) is 4.53. The molecule has 0 bridgehead atoms. The van der Waals surface area contributed by atoms with Crippen LogP contribution in [0.2, 0.25) is 0 Å². The van der Waals surface area contributed by atoms with Crippen LogP contribution in [0.1, 0.15) is 33.1 Å². The summed E-state index contributed by atoms with van der Waals surface area (Å²) >= 11 is 0. The molecule has 0 aromatic carbocycles. The predicted octanol–water partition coefficient (Wildman–Crippen LogP) is 2.37. The van der Waals surface area contributed by atoms with Gasteiger partial charge in [0.15, 0.2) is 0 Å². The average molecular weight is 155 g/mol. The van der Waals surface area contributed by atoms with Crippen LogP contribution in [0, 0.1) is 11.8 Å². The molecular weight excluding hydrogens is 134 g/mol. The molecule has 1 aliphatic carbocycles. The van der Waals surface area contributed by atoms with Crippen LogP contribution in [0.4, 0.5) is 0 Å². The zero-order chi connectivity index (χ0) is 8.43. The van der Waals surface area contributed by atoms with Gasteiger partial charge in [-0.2, -0.15) is 0 Å². The van der Waals surface area contributed by atoms with E-state index in [0.717, 1.165) is 17.9 Å². The topological polar surface area (TPSA) is 3.24 Å². The molecule has 0 aliphatic heterocycles. The van der Waals surface area contributed by atoms with E-state index in [1.807, 2.05) is 0 Å². The van der Waals surface area contributed by atoms with Crippen LogP contribution in [-0.2, 0) is 0 Å². The lowest BCUT2D eigenvalue weighted by atomic mass is 9.80. The van der Waals surface area contributed by atoms with E-state index in [0.29, 0.717) is 0 Å². The summed E-state index contributed by atoms with van der Waals surface area (Å²) in [7, 11) is 4.41. The van der Waals surface area contributed by atoms with E-state index in [1.165, 1.54) is 19.3 Å². The van der Waals surface area contributed by atoms with E-state index < -0.39 is 0 Å². The normalized spacial score (nSPS) is 39.5. The molecule has 1 saturated carbocycles. The molecule has 0 radical (unpaired) electrons. The summed E-state index contributed by atoms with van der Waals surface area (Å²) in [6.45, 7) is 4.76. The highest BCUT2D eigenvalue weighted by atomic mass is 15.1. The van der Waals surface area contributed by atoms with Gasteiger partial charge < -0.3 is 4.90 Å². The molecule has 1 nitrogen and oxygen atoms in total. The maximum Gasteiger partial charge on any atom is 0.00942 e. The third-order valence-corrected chi connectivity index (χ3v) is 2.88. The predicted molar refractivity (Wildman–Crippen MR) is 49.7 cm³/mol. The minimum absolute atomic E-state index is 0.841. The van der Waals surface area contributed by atoms with E-state index >= 15 is 0 Å². The number of rotatable bonds is 1. The summed E-state index contributed by atoms with van der Waals surface area (Å²) in [5.74, 6) is 1.87. The van der Waals surface area contributed by atoms with Gasteiger partial charge in [-0.1, -0.05) is 13.8 Å². The smallest absolute Gasteiger partial charge is 0.00942 e. The zero-order valence-corrected chi connectivity index (χ0v) is 8.30. The van der Waals surface area contributed by atoms with Crippen molar-refractivity contribution in [1.82, 2.24) is 4.90 Å². The van der Waals surface area contributed by atoms with Crippen LogP contribution in [0.5, 0.6) is 0 Å². The van der Waals surface area contributed by atoms with E-state index in [1.54, 1.807) is 0 Å². The molecule has 0 saturated heterocycles. The van der Waals surface area contributed by atoms with Crippen LogP contribution < -0.4 is 0 Å². The molecule has 0 N–H and O–H groups in total. The Morgan fingerprint density at radius 1 is 0.909 bits per heavy atom. The first kappa shape index (κ1) is 9.05. The van der Waals surface area contributed by atoms with E-state index in [2.05, 4.69) is 32.8 Å². The summed E-state index contributed by atoms with van der Waals surface area (Å²) in [4.78, 5) is 2.38. The first-order chi connectivity index (χ1) is 5.09. The highest BCUT2D eigenvalue weighted by Crippen LogP contribution is 2.30. The number of hydrogen-bond acceptors (Lipinski definition) is 1. The quantitative estimate of drug-likeness (QED) is 0.562. The summed E-state index contributed by atoms with van der Waals surface area (Å²) in [5, 5.41) is 0. The lowest BCUT2D eigenvalue weighted by molar-refractivity contribution is 0.156. The Bertz CT molecular complexity index is 110. The van der Waals surface area contributed by atoms with Crippen molar-refractivity contribution in [2.24, 2.45) is 11.8 Å². The third-order valence-electron chi connectivity index (χ3n) is 2.88. The fourth-order valence-electron chi connectivity index (χ4n) is 2.33. The molecule has 0 aromatic heterocycles. The van der Waals surface area contributed by atoms with Crippen molar-refractivity contribution < 1.29 is 0 Å². The van der Waals surface area contributed by atoms with E-state index in [-0.39, 0.29) is 0 Å². The van der Waals surface area contributed by atoms with E-state index in [9.17, 15) is 0 Å². The molecule has 1 fully saturated rings. The first-order valence-electron chi connectivity index (χ1n) is 4.76. The van der Waals surface area contributed by atoms with Gasteiger partial charge in [-0.3, -0.25) is 0 Å². The minimum Gasteiger partial charge on any atom is -0.306 e. The second kappa shape index (κ2) is 3.57. The molecule has 2 unspecified atom stereocenters. The maximum atomic E-state index is 2.38. The van der Waals surface area contributed by atoms with Crippen molar-refractivity contribution in [2.45, 2.75) is 39.2 Å². The monoisotopic (exact) mass is 155 g/mol. The molecular formula is C10H21N. The molecule has 1 aliphatic rings. The lowest BCUT2D eigenvalue weighted by Crippen LogP contribution is -2.35. The van der Waals surface area contributed by atoms with Crippen LogP contribution in [0.3, 0.4) is 0 Å². The Kier molecular flexibility index (Phi) is 2.94. The Hall–Kier alpha value is -0.0400. The highest BCUT2D eigenvalue weighted by Gasteiger charge is 2.24. The molecule has 11 heavy (non-hydrogen) atoms. The van der Waals surface area contributed by atoms with Gasteiger partial charge in [-0.15, -0.1) is 0 Å². The molecule has 1 heteroatoms. The fourth-order valence-corrected chi connectivity index (χ4v) is 2.33. The maximum absolute atomic E-state index is 2.38. The zero-order valence-electron chi connectivity index (χ0n) is 8.30. The number of hydrogen-bond donors (Lipinski definition) is 0. The molecule has 0 amide bonds. The molecule has 0 spiro atoms. The molecule has 3 atom stereocenters. The van der Waals surface area contributed by atoms with Gasteiger partial charge in [0.2, 0.25) is 0 Å². The summed E-state index contributed by atoms with van der Waals surface area (Å²) < 4.78 is 0. The number of nitrogens with zero attached hydrogens (tertiary/aromatic N) is 1. The van der Waals surface area contributed by atoms with Gasteiger partial charge in [-0.25, -0.2) is 0 Å². The molecule has 66 valence electrons. The largest absolute Gasteiger partial charge is 0.306 e. The SMILES string of the molecule is CC1CC(N(C)C)C[C@@H](C)C1. The molecule has 0 aromatic rings. The van der Waals surface area contributed by atoms with Crippen molar-refractivity contribution in [3.05, 3.63) is 0 Å². The summed E-state index contributed by atoms with van der Waals surface area (Å²) in [6, 6.07) is 0.841. The second-order valence-electron chi connectivity index (χ2n) is 4.53. The highest BCUT2D eigenvalue weighted by molar-refractivity contribution is 4.78. The standard InChI is InChI=1S/C10H21N/c1-8-5-9(2)7-10(6-8)11(3)4/h8-10H,5-7H2,1-4H3/t8-,9?,10?/m0/s1. The third kappa shape index (κ3) is 2.48. The summed E-state index contributed by atoms with van der Waals surface area (Å²) in [5.41, 5.74) is 0. The minimum atomic E-state index is 0.841. The van der Waals surface area contributed by atoms with E-state index in [4.69, 9.17) is 0 Å². The van der Waals surface area contributed by atoms with Gasteiger partial charge in [-0.05, 0) is 45.2 Å². The summed E-state index contributed by atoms with van der Waals surface area (Å²) in [6.07, 6.45) is 4.24. The van der Waals surface area contributed by atoms with Gasteiger partial charge >= 0.3 is 0 Å². The van der Waals surface area contributed by atoms with Crippen molar-refractivity contribution in [3.63, 3.8) is 0 Å². The van der Waals surface area contributed by atoms with Crippen LogP contribution in [0.15, 0.2) is 0 Å². The Balaban J connectivity index is 2.43. The first-order valence-corrected chi connectivity index (χ1v) is 4.76.